The van der Waals surface area contributed by atoms with Gasteiger partial charge >= 0.3 is 12.0 Å². The highest BCUT2D eigenvalue weighted by atomic mass is 16.5. The summed E-state index contributed by atoms with van der Waals surface area (Å²) in [6, 6.07) is -0.491. The summed E-state index contributed by atoms with van der Waals surface area (Å²) < 4.78 is 5.15. The van der Waals surface area contributed by atoms with E-state index < -0.39 is 17.5 Å². The highest BCUT2D eigenvalue weighted by molar-refractivity contribution is 5.85. The Kier molecular flexibility index (Phi) is 5.36. The van der Waals surface area contributed by atoms with Crippen molar-refractivity contribution in [1.82, 2.24) is 15.8 Å². The Morgan fingerprint density at radius 3 is 2.50 bits per heavy atom. The maximum atomic E-state index is 11.7. The fourth-order valence-electron chi connectivity index (χ4n) is 1.82. The average molecular weight is 259 g/mol. The van der Waals surface area contributed by atoms with Gasteiger partial charge in [-0.15, -0.1) is 0 Å². The predicted molar refractivity (Wildman–Crippen MR) is 65.0 cm³/mol. The largest absolute Gasteiger partial charge is 0.480 e. The van der Waals surface area contributed by atoms with Crippen molar-refractivity contribution >= 4 is 12.0 Å². The normalized spacial score (nSPS) is 19.9. The number of carbonyl (C=O) groups is 2. The molecule has 0 aromatic carbocycles. The van der Waals surface area contributed by atoms with E-state index in [-0.39, 0.29) is 0 Å². The number of hydrogen-bond donors (Lipinski definition) is 3. The third-order valence-corrected chi connectivity index (χ3v) is 2.88. The lowest BCUT2D eigenvalue weighted by atomic mass is 9.97. The summed E-state index contributed by atoms with van der Waals surface area (Å²) in [4.78, 5) is 22.9. The van der Waals surface area contributed by atoms with E-state index in [1.165, 1.54) is 6.92 Å². The zero-order chi connectivity index (χ0) is 13.6. The van der Waals surface area contributed by atoms with Crippen molar-refractivity contribution in [2.24, 2.45) is 0 Å². The minimum Gasteiger partial charge on any atom is -0.480 e. The first kappa shape index (κ1) is 14.7. The quantitative estimate of drug-likeness (QED) is 0.655. The number of carbonyl (C=O) groups excluding carboxylic acids is 1. The summed E-state index contributed by atoms with van der Waals surface area (Å²) in [5.74, 6) is -1.03. The van der Waals surface area contributed by atoms with Crippen molar-refractivity contribution in [1.29, 1.82) is 0 Å². The molecular formula is C11H21N3O4. The van der Waals surface area contributed by atoms with Crippen LogP contribution in [0.1, 0.15) is 26.7 Å². The minimum atomic E-state index is -1.23. The van der Waals surface area contributed by atoms with Gasteiger partial charge in [0.1, 0.15) is 5.54 Å². The summed E-state index contributed by atoms with van der Waals surface area (Å²) in [5, 5.41) is 13.4. The van der Waals surface area contributed by atoms with Crippen LogP contribution in [0, 0.1) is 0 Å². The number of hydrogen-bond acceptors (Lipinski definition) is 4. The first-order chi connectivity index (χ1) is 8.48. The van der Waals surface area contributed by atoms with E-state index in [0.717, 1.165) is 0 Å². The molecule has 1 fully saturated rings. The van der Waals surface area contributed by atoms with Gasteiger partial charge < -0.3 is 15.2 Å². The third-order valence-electron chi connectivity index (χ3n) is 2.88. The van der Waals surface area contributed by atoms with Crippen LogP contribution in [-0.4, -0.2) is 54.0 Å². The predicted octanol–water partition coefficient (Wildman–Crippen LogP) is 0.176. The van der Waals surface area contributed by atoms with Crippen LogP contribution in [-0.2, 0) is 9.53 Å². The van der Waals surface area contributed by atoms with Crippen molar-refractivity contribution in [3.05, 3.63) is 0 Å². The van der Waals surface area contributed by atoms with Crippen LogP contribution in [0.25, 0.3) is 0 Å². The van der Waals surface area contributed by atoms with Crippen LogP contribution in [0.15, 0.2) is 0 Å². The molecule has 0 spiro atoms. The lowest BCUT2D eigenvalue weighted by Gasteiger charge is -2.30. The number of carboxylic acid groups (broad SMARTS) is 1. The molecule has 7 nitrogen and oxygen atoms in total. The Bertz CT molecular complexity index is 305. The molecule has 1 heterocycles. The first-order valence-electron chi connectivity index (χ1n) is 6.13. The van der Waals surface area contributed by atoms with Gasteiger partial charge in [-0.05, 0) is 13.3 Å². The highest BCUT2D eigenvalue weighted by Crippen LogP contribution is 2.12. The maximum absolute atomic E-state index is 11.7. The molecule has 0 aromatic heterocycles. The second kappa shape index (κ2) is 6.55. The van der Waals surface area contributed by atoms with Crippen LogP contribution in [0.2, 0.25) is 0 Å². The monoisotopic (exact) mass is 259 g/mol. The summed E-state index contributed by atoms with van der Waals surface area (Å²) in [6.07, 6.45) is 1.07. The van der Waals surface area contributed by atoms with Crippen molar-refractivity contribution in [3.8, 4) is 0 Å². The Labute approximate surface area is 106 Å². The summed E-state index contributed by atoms with van der Waals surface area (Å²) in [7, 11) is 0. The van der Waals surface area contributed by atoms with E-state index in [1.807, 2.05) is 6.92 Å². The fraction of sp³-hybridized carbons (Fsp3) is 0.818. The molecule has 0 saturated carbocycles. The minimum absolute atomic E-state index is 0.388. The van der Waals surface area contributed by atoms with Crippen LogP contribution in [0.4, 0.5) is 4.79 Å². The number of carboxylic acids is 1. The number of hydrazine groups is 1. The van der Waals surface area contributed by atoms with Crippen LogP contribution < -0.4 is 10.7 Å². The van der Waals surface area contributed by atoms with E-state index in [2.05, 4.69) is 10.7 Å². The van der Waals surface area contributed by atoms with E-state index >= 15 is 0 Å². The molecule has 104 valence electrons. The lowest BCUT2D eigenvalue weighted by Crippen LogP contribution is -2.59. The number of amides is 2. The van der Waals surface area contributed by atoms with Crippen molar-refractivity contribution in [2.75, 3.05) is 26.3 Å². The van der Waals surface area contributed by atoms with Crippen molar-refractivity contribution in [2.45, 2.75) is 32.2 Å². The molecule has 18 heavy (non-hydrogen) atoms. The van der Waals surface area contributed by atoms with E-state index in [9.17, 15) is 9.59 Å². The molecule has 2 amide bonds. The number of urea groups is 1. The Balaban J connectivity index is 2.48. The van der Waals surface area contributed by atoms with Gasteiger partial charge in [-0.3, -0.25) is 5.43 Å². The molecular weight excluding hydrogens is 238 g/mol. The second-order valence-corrected chi connectivity index (χ2v) is 4.55. The number of morpholine rings is 1. The van der Waals surface area contributed by atoms with Crippen LogP contribution in [0.3, 0.4) is 0 Å². The van der Waals surface area contributed by atoms with Crippen molar-refractivity contribution in [3.63, 3.8) is 0 Å². The lowest BCUT2D eigenvalue weighted by molar-refractivity contribution is -0.144. The Morgan fingerprint density at radius 2 is 2.00 bits per heavy atom. The standard InChI is InChI=1S/C11H21N3O4/c1-3-4-11(2,9(15)16)12-10(17)13-14-5-7-18-8-6-14/h3-8H2,1-2H3,(H,15,16)(H2,12,13,17). The zero-order valence-electron chi connectivity index (χ0n) is 10.9. The smallest absolute Gasteiger partial charge is 0.330 e. The van der Waals surface area contributed by atoms with Gasteiger partial charge in [0.25, 0.3) is 0 Å². The van der Waals surface area contributed by atoms with Gasteiger partial charge in [0.05, 0.1) is 13.2 Å². The zero-order valence-corrected chi connectivity index (χ0v) is 10.9. The van der Waals surface area contributed by atoms with Gasteiger partial charge in [0.15, 0.2) is 0 Å². The van der Waals surface area contributed by atoms with Crippen LogP contribution in [0.5, 0.6) is 0 Å². The number of aliphatic carboxylic acids is 1. The van der Waals surface area contributed by atoms with Gasteiger partial charge in [-0.2, -0.15) is 0 Å². The van der Waals surface area contributed by atoms with Crippen molar-refractivity contribution < 1.29 is 19.4 Å². The second-order valence-electron chi connectivity index (χ2n) is 4.55. The Hall–Kier alpha value is -1.34. The molecule has 0 aromatic rings. The molecule has 3 N–H and O–H groups in total. The molecule has 1 saturated heterocycles. The highest BCUT2D eigenvalue weighted by Gasteiger charge is 2.34. The summed E-state index contributed by atoms with van der Waals surface area (Å²) in [5.41, 5.74) is 1.40. The molecule has 1 aliphatic rings. The maximum Gasteiger partial charge on any atom is 0.330 e. The molecule has 1 unspecified atom stereocenters. The van der Waals surface area contributed by atoms with E-state index in [0.29, 0.717) is 39.1 Å². The molecule has 1 rings (SSSR count). The number of ether oxygens (including phenoxy) is 1. The first-order valence-corrected chi connectivity index (χ1v) is 6.13. The molecule has 7 heteroatoms. The molecule has 1 aliphatic heterocycles. The van der Waals surface area contributed by atoms with Gasteiger partial charge in [-0.25, -0.2) is 14.6 Å². The average Bonchev–Trinajstić information content (AvgIpc) is 2.30. The molecule has 0 radical (unpaired) electrons. The molecule has 0 bridgehead atoms. The SMILES string of the molecule is CCCC(C)(NC(=O)NN1CCOCC1)C(=O)O. The summed E-state index contributed by atoms with van der Waals surface area (Å²) >= 11 is 0. The number of rotatable bonds is 5. The van der Waals surface area contributed by atoms with Crippen LogP contribution >= 0.6 is 0 Å². The number of nitrogens with one attached hydrogen (secondary N) is 2. The van der Waals surface area contributed by atoms with Gasteiger partial charge in [-0.1, -0.05) is 13.3 Å². The fourth-order valence-corrected chi connectivity index (χ4v) is 1.82. The molecule has 1 atom stereocenters. The third kappa shape index (κ3) is 4.15. The van der Waals surface area contributed by atoms with Gasteiger partial charge in [0.2, 0.25) is 0 Å². The number of nitrogens with zero attached hydrogens (tertiary/aromatic N) is 1. The Morgan fingerprint density at radius 1 is 1.39 bits per heavy atom. The van der Waals surface area contributed by atoms with E-state index in [1.54, 1.807) is 5.01 Å². The summed E-state index contributed by atoms with van der Waals surface area (Å²) in [6.45, 7) is 5.72. The van der Waals surface area contributed by atoms with Gasteiger partial charge in [0, 0.05) is 13.1 Å². The molecule has 0 aliphatic carbocycles. The topological polar surface area (TPSA) is 90.9 Å². The van der Waals surface area contributed by atoms with E-state index in [4.69, 9.17) is 9.84 Å².